The van der Waals surface area contributed by atoms with Crippen molar-refractivity contribution in [3.63, 3.8) is 0 Å². The van der Waals surface area contributed by atoms with E-state index >= 15 is 0 Å². The Morgan fingerprint density at radius 3 is 2.21 bits per heavy atom. The third-order valence-electron chi connectivity index (χ3n) is 4.55. The summed E-state index contributed by atoms with van der Waals surface area (Å²) in [6, 6.07) is 7.18. The highest BCUT2D eigenvalue weighted by Crippen LogP contribution is 2.30. The molecule has 0 fully saturated rings. The lowest BCUT2D eigenvalue weighted by Gasteiger charge is -2.16. The van der Waals surface area contributed by atoms with Crippen molar-refractivity contribution < 1.29 is 29.5 Å². The Hall–Kier alpha value is -3.62. The molecule has 2 atom stereocenters. The second-order valence-corrected chi connectivity index (χ2v) is 6.82. The van der Waals surface area contributed by atoms with E-state index in [0.717, 1.165) is 6.07 Å². The fourth-order valence-corrected chi connectivity index (χ4v) is 2.88. The highest BCUT2D eigenvalue weighted by atomic mass is 16.6. The molecule has 0 radical (unpaired) electrons. The number of hydrogen-bond acceptors (Lipinski definition) is 6. The van der Waals surface area contributed by atoms with Crippen molar-refractivity contribution in [2.24, 2.45) is 11.8 Å². The lowest BCUT2D eigenvalue weighted by molar-refractivity contribution is -0.385. The standard InChI is InChI=1S/C20H20N2O7/c1-11(19(24)25)7-13-9-14(18(23)16-5-3-4-6-21-16)10-17(22(28)29)15(13)8-12(2)20(26)27/h3-6,9-12H,7-8H2,1-2H3,(H,24,25)(H,26,27). The van der Waals surface area contributed by atoms with E-state index < -0.39 is 40.2 Å². The molecule has 0 aliphatic carbocycles. The first-order valence-corrected chi connectivity index (χ1v) is 8.83. The van der Waals surface area contributed by atoms with Gasteiger partial charge in [-0.25, -0.2) is 0 Å². The number of carboxylic acid groups (broad SMARTS) is 2. The summed E-state index contributed by atoms with van der Waals surface area (Å²) < 4.78 is 0. The molecular formula is C20H20N2O7. The van der Waals surface area contributed by atoms with E-state index in [1.165, 1.54) is 32.2 Å². The molecule has 0 spiro atoms. The van der Waals surface area contributed by atoms with Gasteiger partial charge in [0.15, 0.2) is 0 Å². The molecule has 0 amide bonds. The predicted octanol–water partition coefficient (Wildman–Crippen LogP) is 2.75. The number of nitro groups is 1. The van der Waals surface area contributed by atoms with Crippen molar-refractivity contribution in [3.8, 4) is 0 Å². The number of benzene rings is 1. The van der Waals surface area contributed by atoms with Crippen LogP contribution in [0.1, 0.15) is 41.0 Å². The van der Waals surface area contributed by atoms with E-state index in [4.69, 9.17) is 0 Å². The maximum Gasteiger partial charge on any atom is 0.306 e. The number of ketones is 1. The lowest BCUT2D eigenvalue weighted by Crippen LogP contribution is -2.18. The number of carbonyl (C=O) groups excluding carboxylic acids is 1. The monoisotopic (exact) mass is 400 g/mol. The minimum atomic E-state index is -1.13. The quantitative estimate of drug-likeness (QED) is 0.371. The van der Waals surface area contributed by atoms with Crippen molar-refractivity contribution in [2.75, 3.05) is 0 Å². The zero-order chi connectivity index (χ0) is 21.7. The molecule has 1 aromatic heterocycles. The van der Waals surface area contributed by atoms with Crippen LogP contribution >= 0.6 is 0 Å². The summed E-state index contributed by atoms with van der Waals surface area (Å²) in [5.74, 6) is -4.59. The minimum Gasteiger partial charge on any atom is -0.481 e. The van der Waals surface area contributed by atoms with Gasteiger partial charge in [-0.2, -0.15) is 0 Å². The van der Waals surface area contributed by atoms with Crippen LogP contribution < -0.4 is 0 Å². The normalized spacial score (nSPS) is 12.8. The van der Waals surface area contributed by atoms with Gasteiger partial charge in [-0.05, 0) is 36.6 Å². The smallest absolute Gasteiger partial charge is 0.306 e. The predicted molar refractivity (Wildman–Crippen MR) is 102 cm³/mol. The van der Waals surface area contributed by atoms with Gasteiger partial charge >= 0.3 is 11.9 Å². The molecular weight excluding hydrogens is 380 g/mol. The van der Waals surface area contributed by atoms with Gasteiger partial charge in [0.2, 0.25) is 5.78 Å². The molecule has 1 aromatic carbocycles. The van der Waals surface area contributed by atoms with Crippen LogP contribution in [0.5, 0.6) is 0 Å². The van der Waals surface area contributed by atoms with E-state index in [0.29, 0.717) is 0 Å². The second kappa shape index (κ2) is 9.05. The zero-order valence-corrected chi connectivity index (χ0v) is 15.9. The Balaban J connectivity index is 2.64. The van der Waals surface area contributed by atoms with E-state index in [1.807, 2.05) is 0 Å². The van der Waals surface area contributed by atoms with Crippen LogP contribution in [-0.4, -0.2) is 37.8 Å². The fraction of sp³-hybridized carbons (Fsp3) is 0.300. The average Bonchev–Trinajstić information content (AvgIpc) is 2.68. The molecule has 1 heterocycles. The van der Waals surface area contributed by atoms with Crippen LogP contribution in [0.25, 0.3) is 0 Å². The molecule has 2 N–H and O–H groups in total. The fourth-order valence-electron chi connectivity index (χ4n) is 2.88. The number of pyridine rings is 1. The second-order valence-electron chi connectivity index (χ2n) is 6.82. The van der Waals surface area contributed by atoms with Crippen molar-refractivity contribution in [1.29, 1.82) is 0 Å². The molecule has 0 aliphatic rings. The molecule has 0 saturated carbocycles. The summed E-state index contributed by atoms with van der Waals surface area (Å²) in [5.41, 5.74) is 0.0601. The van der Waals surface area contributed by atoms with E-state index in [1.54, 1.807) is 12.1 Å². The van der Waals surface area contributed by atoms with Gasteiger partial charge < -0.3 is 10.2 Å². The third kappa shape index (κ3) is 5.22. The molecule has 9 nitrogen and oxygen atoms in total. The first-order valence-electron chi connectivity index (χ1n) is 8.83. The van der Waals surface area contributed by atoms with Crippen LogP contribution in [0.3, 0.4) is 0 Å². The number of carboxylic acids is 2. The highest BCUT2D eigenvalue weighted by Gasteiger charge is 2.27. The first-order chi connectivity index (χ1) is 13.6. The van der Waals surface area contributed by atoms with Crippen molar-refractivity contribution in [3.05, 3.63) is 69.0 Å². The number of rotatable bonds is 9. The van der Waals surface area contributed by atoms with Gasteiger partial charge in [0.25, 0.3) is 5.69 Å². The number of nitrogens with zero attached hydrogens (tertiary/aromatic N) is 2. The lowest BCUT2D eigenvalue weighted by atomic mass is 9.88. The Bertz CT molecular complexity index is 957. The summed E-state index contributed by atoms with van der Waals surface area (Å²) in [7, 11) is 0. The van der Waals surface area contributed by atoms with E-state index in [-0.39, 0.29) is 35.2 Å². The number of nitro benzene ring substituents is 1. The van der Waals surface area contributed by atoms with Crippen LogP contribution in [0, 0.1) is 22.0 Å². The Morgan fingerprint density at radius 2 is 1.69 bits per heavy atom. The number of aliphatic carboxylic acids is 2. The molecule has 0 bridgehead atoms. The largest absolute Gasteiger partial charge is 0.481 e. The first kappa shape index (κ1) is 21.7. The van der Waals surface area contributed by atoms with Gasteiger partial charge in [0, 0.05) is 23.4 Å². The molecule has 0 aliphatic heterocycles. The number of carbonyl (C=O) groups is 3. The Morgan fingerprint density at radius 1 is 1.07 bits per heavy atom. The van der Waals surface area contributed by atoms with Crippen LogP contribution in [0.15, 0.2) is 36.5 Å². The third-order valence-corrected chi connectivity index (χ3v) is 4.55. The van der Waals surface area contributed by atoms with Crippen LogP contribution in [0.4, 0.5) is 5.69 Å². The molecule has 29 heavy (non-hydrogen) atoms. The highest BCUT2D eigenvalue weighted by molar-refractivity contribution is 6.08. The summed E-state index contributed by atoms with van der Waals surface area (Å²) in [6.07, 6.45) is 1.17. The maximum atomic E-state index is 12.7. The molecule has 152 valence electrons. The Kier molecular flexibility index (Phi) is 6.76. The number of hydrogen-bond donors (Lipinski definition) is 2. The van der Waals surface area contributed by atoms with Gasteiger partial charge in [0.1, 0.15) is 5.69 Å². The van der Waals surface area contributed by atoms with Crippen molar-refractivity contribution >= 4 is 23.4 Å². The van der Waals surface area contributed by atoms with Gasteiger partial charge in [0.05, 0.1) is 16.8 Å². The topological polar surface area (TPSA) is 148 Å². The molecule has 2 unspecified atom stereocenters. The van der Waals surface area contributed by atoms with Crippen LogP contribution in [-0.2, 0) is 22.4 Å². The van der Waals surface area contributed by atoms with Crippen molar-refractivity contribution in [2.45, 2.75) is 26.7 Å². The maximum absolute atomic E-state index is 12.7. The van der Waals surface area contributed by atoms with Crippen LogP contribution in [0.2, 0.25) is 0 Å². The van der Waals surface area contributed by atoms with E-state index in [2.05, 4.69) is 4.98 Å². The zero-order valence-electron chi connectivity index (χ0n) is 15.9. The van der Waals surface area contributed by atoms with Gasteiger partial charge in [-0.3, -0.25) is 29.5 Å². The summed E-state index contributed by atoms with van der Waals surface area (Å²) >= 11 is 0. The molecule has 9 heteroatoms. The molecule has 0 saturated heterocycles. The summed E-state index contributed by atoms with van der Waals surface area (Å²) in [6.45, 7) is 2.84. The summed E-state index contributed by atoms with van der Waals surface area (Å²) in [5, 5.41) is 30.1. The Labute approximate surface area is 166 Å². The minimum absolute atomic E-state index is 0.00489. The molecule has 2 aromatic rings. The number of aromatic nitrogens is 1. The summed E-state index contributed by atoms with van der Waals surface area (Å²) in [4.78, 5) is 50.2. The SMILES string of the molecule is CC(Cc1cc(C(=O)c2ccccn2)cc([N+](=O)[O-])c1CC(C)C(=O)O)C(=O)O. The van der Waals surface area contributed by atoms with Gasteiger partial charge in [-0.1, -0.05) is 19.9 Å². The van der Waals surface area contributed by atoms with Crippen molar-refractivity contribution in [1.82, 2.24) is 4.98 Å². The van der Waals surface area contributed by atoms with Gasteiger partial charge in [-0.15, -0.1) is 0 Å². The average molecular weight is 400 g/mol. The molecule has 2 rings (SSSR count). The van der Waals surface area contributed by atoms with E-state index in [9.17, 15) is 34.7 Å².